The molecule has 3 rings (SSSR count). The molecule has 0 saturated carbocycles. The lowest BCUT2D eigenvalue weighted by Gasteiger charge is -2.32. The van der Waals surface area contributed by atoms with Gasteiger partial charge in [0.05, 0.1) is 11.2 Å². The van der Waals surface area contributed by atoms with Gasteiger partial charge in [-0.2, -0.15) is 21.6 Å². The standard InChI is InChI=1S/C14H25BO2.C9H13F3O3S/c1-13(2)14(3,4)17-15(16-13)12-10-8-6-5-7-9-11-12;10-9(11,12)16(13,14)15-8-6-4-2-1-3-5-7-8/h10H,5-9,11H2,1-4H3;6H,1-5,7H2/b12-10+;8-6+. The Labute approximate surface area is 197 Å². The Morgan fingerprint density at radius 1 is 0.818 bits per heavy atom. The molecule has 0 aromatic rings. The van der Waals surface area contributed by atoms with Crippen LogP contribution in [0.1, 0.15) is 105 Å². The van der Waals surface area contributed by atoms with E-state index in [0.29, 0.717) is 12.8 Å². The van der Waals surface area contributed by atoms with Gasteiger partial charge < -0.3 is 13.5 Å². The van der Waals surface area contributed by atoms with Gasteiger partial charge in [-0.05, 0) is 77.8 Å². The molecule has 1 aliphatic heterocycles. The van der Waals surface area contributed by atoms with Gasteiger partial charge in [-0.3, -0.25) is 0 Å². The molecular formula is C23H38BF3O5S. The topological polar surface area (TPSA) is 61.8 Å². The van der Waals surface area contributed by atoms with Gasteiger partial charge in [0.2, 0.25) is 0 Å². The Hall–Kier alpha value is -0.995. The molecule has 0 radical (unpaired) electrons. The first-order valence-corrected chi connectivity index (χ1v) is 13.4. The van der Waals surface area contributed by atoms with Crippen molar-refractivity contribution in [3.63, 3.8) is 0 Å². The summed E-state index contributed by atoms with van der Waals surface area (Å²) < 4.78 is 73.9. The summed E-state index contributed by atoms with van der Waals surface area (Å²) in [5.74, 6) is -0.0861. The van der Waals surface area contributed by atoms with Crippen molar-refractivity contribution in [3.8, 4) is 0 Å². The molecule has 0 amide bonds. The van der Waals surface area contributed by atoms with E-state index in [9.17, 15) is 21.6 Å². The molecular weight excluding hydrogens is 456 g/mol. The fourth-order valence-corrected chi connectivity index (χ4v) is 4.38. The summed E-state index contributed by atoms with van der Waals surface area (Å²) in [4.78, 5) is 0. The van der Waals surface area contributed by atoms with Crippen LogP contribution in [0.15, 0.2) is 23.4 Å². The Morgan fingerprint density at radius 3 is 1.85 bits per heavy atom. The van der Waals surface area contributed by atoms with Crippen molar-refractivity contribution in [2.45, 2.75) is 121 Å². The van der Waals surface area contributed by atoms with Gasteiger partial charge in [0, 0.05) is 6.42 Å². The van der Waals surface area contributed by atoms with Crippen LogP contribution in [-0.2, 0) is 23.6 Å². The molecule has 1 saturated heterocycles. The average molecular weight is 494 g/mol. The first kappa shape index (κ1) is 28.2. The second-order valence-electron chi connectivity index (χ2n) is 9.93. The SMILES string of the molecule is CC1(C)OB(/C2=C/CCCCCC2)OC1(C)C.O=S(=O)(O/C1=C/CCCCCC1)C(F)(F)F. The zero-order chi connectivity index (χ0) is 24.8. The van der Waals surface area contributed by atoms with E-state index in [0.717, 1.165) is 25.7 Å². The fraction of sp³-hybridized carbons (Fsp3) is 0.826. The van der Waals surface area contributed by atoms with Crippen molar-refractivity contribution in [3.05, 3.63) is 23.4 Å². The molecule has 33 heavy (non-hydrogen) atoms. The maximum atomic E-state index is 12.0. The Bertz CT molecular complexity index is 787. The maximum Gasteiger partial charge on any atom is 0.534 e. The number of hydrogen-bond acceptors (Lipinski definition) is 5. The number of allylic oxidation sites excluding steroid dienone is 4. The highest BCUT2D eigenvalue weighted by Crippen LogP contribution is 2.39. The van der Waals surface area contributed by atoms with Gasteiger partial charge in [0.15, 0.2) is 0 Å². The highest BCUT2D eigenvalue weighted by Gasteiger charge is 2.52. The molecule has 190 valence electrons. The molecule has 5 nitrogen and oxygen atoms in total. The van der Waals surface area contributed by atoms with E-state index in [1.54, 1.807) is 0 Å². The third kappa shape index (κ3) is 8.32. The largest absolute Gasteiger partial charge is 0.534 e. The minimum atomic E-state index is -5.49. The maximum absolute atomic E-state index is 12.0. The van der Waals surface area contributed by atoms with E-state index in [1.807, 2.05) is 0 Å². The quantitative estimate of drug-likeness (QED) is 0.240. The van der Waals surface area contributed by atoms with E-state index in [4.69, 9.17) is 9.31 Å². The van der Waals surface area contributed by atoms with Crippen molar-refractivity contribution in [2.24, 2.45) is 0 Å². The summed E-state index contributed by atoms with van der Waals surface area (Å²) in [6.45, 7) is 8.49. The van der Waals surface area contributed by atoms with Crippen LogP contribution in [0.4, 0.5) is 13.2 Å². The van der Waals surface area contributed by atoms with Crippen LogP contribution in [0.2, 0.25) is 0 Å². The lowest BCUT2D eigenvalue weighted by Crippen LogP contribution is -2.41. The number of alkyl halides is 3. The van der Waals surface area contributed by atoms with Crippen LogP contribution in [0.3, 0.4) is 0 Å². The van der Waals surface area contributed by atoms with Crippen molar-refractivity contribution in [1.29, 1.82) is 0 Å². The summed E-state index contributed by atoms with van der Waals surface area (Å²) in [7, 11) is -5.61. The summed E-state index contributed by atoms with van der Waals surface area (Å²) in [6, 6.07) is 0. The highest BCUT2D eigenvalue weighted by molar-refractivity contribution is 7.87. The van der Waals surface area contributed by atoms with Gasteiger partial charge in [-0.1, -0.05) is 38.2 Å². The first-order valence-electron chi connectivity index (χ1n) is 12.0. The monoisotopic (exact) mass is 494 g/mol. The Balaban J connectivity index is 0.000000234. The first-order chi connectivity index (χ1) is 15.3. The van der Waals surface area contributed by atoms with Crippen molar-refractivity contribution < 1.29 is 35.1 Å². The van der Waals surface area contributed by atoms with Crippen LogP contribution >= 0.6 is 0 Å². The lowest BCUT2D eigenvalue weighted by molar-refractivity contribution is -0.0523. The van der Waals surface area contributed by atoms with Gasteiger partial charge in [0.1, 0.15) is 5.76 Å². The van der Waals surface area contributed by atoms with Gasteiger partial charge >= 0.3 is 22.7 Å². The van der Waals surface area contributed by atoms with E-state index in [2.05, 4.69) is 38.0 Å². The van der Waals surface area contributed by atoms with Crippen LogP contribution in [-0.4, -0.2) is 32.2 Å². The van der Waals surface area contributed by atoms with Crippen molar-refractivity contribution in [1.82, 2.24) is 0 Å². The van der Waals surface area contributed by atoms with Crippen LogP contribution in [0, 0.1) is 0 Å². The minimum Gasteiger partial charge on any atom is -0.400 e. The fourth-order valence-electron chi connectivity index (χ4n) is 3.85. The third-order valence-corrected chi connectivity index (χ3v) is 7.63. The number of halogens is 3. The van der Waals surface area contributed by atoms with Crippen molar-refractivity contribution in [2.75, 3.05) is 0 Å². The summed E-state index contributed by atoms with van der Waals surface area (Å²) in [5, 5.41) is 0. The normalized spacial score (nSPS) is 27.3. The Kier molecular flexibility index (Phi) is 9.95. The van der Waals surface area contributed by atoms with Gasteiger partial charge in [-0.25, -0.2) is 0 Å². The van der Waals surface area contributed by atoms with E-state index in [1.165, 1.54) is 43.7 Å². The number of rotatable bonds is 3. The zero-order valence-electron chi connectivity index (χ0n) is 20.3. The Morgan fingerprint density at radius 2 is 1.30 bits per heavy atom. The van der Waals surface area contributed by atoms with Crippen LogP contribution in [0.25, 0.3) is 0 Å². The van der Waals surface area contributed by atoms with Gasteiger partial charge in [-0.15, -0.1) is 0 Å². The summed E-state index contributed by atoms with van der Waals surface area (Å²) in [6.07, 6.45) is 15.6. The molecule has 0 N–H and O–H groups in total. The van der Waals surface area contributed by atoms with Gasteiger partial charge in [0.25, 0.3) is 0 Å². The van der Waals surface area contributed by atoms with E-state index >= 15 is 0 Å². The third-order valence-electron chi connectivity index (χ3n) is 6.63. The summed E-state index contributed by atoms with van der Waals surface area (Å²) >= 11 is 0. The number of hydrogen-bond donors (Lipinski definition) is 0. The van der Waals surface area contributed by atoms with Crippen molar-refractivity contribution >= 4 is 17.2 Å². The molecule has 0 unspecified atom stereocenters. The minimum absolute atomic E-state index is 0.0861. The predicted octanol–water partition coefficient (Wildman–Crippen LogP) is 6.99. The zero-order valence-corrected chi connectivity index (χ0v) is 21.1. The molecule has 1 heterocycles. The van der Waals surface area contributed by atoms with Crippen LogP contribution < -0.4 is 0 Å². The highest BCUT2D eigenvalue weighted by atomic mass is 32.2. The molecule has 10 heteroatoms. The molecule has 1 fully saturated rings. The molecule has 0 spiro atoms. The molecule has 3 aliphatic rings. The average Bonchev–Trinajstić information content (AvgIpc) is 2.84. The smallest absolute Gasteiger partial charge is 0.400 e. The second-order valence-corrected chi connectivity index (χ2v) is 11.5. The predicted molar refractivity (Wildman–Crippen MR) is 124 cm³/mol. The van der Waals surface area contributed by atoms with E-state index < -0.39 is 15.6 Å². The molecule has 0 aromatic heterocycles. The van der Waals surface area contributed by atoms with Crippen LogP contribution in [0.5, 0.6) is 0 Å². The van der Waals surface area contributed by atoms with E-state index in [-0.39, 0.29) is 30.5 Å². The molecule has 0 bridgehead atoms. The molecule has 2 aliphatic carbocycles. The summed E-state index contributed by atoms with van der Waals surface area (Å²) in [5.41, 5.74) is -4.40. The molecule has 0 aromatic carbocycles. The lowest BCUT2D eigenvalue weighted by atomic mass is 9.74. The molecule has 0 atom stereocenters. The second kappa shape index (κ2) is 11.6.